The van der Waals surface area contributed by atoms with Gasteiger partial charge in [-0.2, -0.15) is 0 Å². The lowest BCUT2D eigenvalue weighted by Gasteiger charge is -2.07. The van der Waals surface area contributed by atoms with Crippen molar-refractivity contribution in [3.63, 3.8) is 0 Å². The molecule has 0 bridgehead atoms. The van der Waals surface area contributed by atoms with Crippen LogP contribution >= 0.6 is 0 Å². The first-order valence-electron chi connectivity index (χ1n) is 5.94. The molecule has 3 rings (SSSR count). The van der Waals surface area contributed by atoms with Gasteiger partial charge in [0.2, 0.25) is 0 Å². The number of nitrogens with zero attached hydrogens (tertiary/aromatic N) is 3. The van der Waals surface area contributed by atoms with Crippen LogP contribution in [0.25, 0.3) is 22.3 Å². The fraction of sp³-hybridized carbons (Fsp3) is 0.0714. The van der Waals surface area contributed by atoms with E-state index >= 15 is 0 Å². The zero-order valence-electron chi connectivity index (χ0n) is 10.5. The molecule has 0 saturated carbocycles. The number of nitrogens with one attached hydrogen (secondary N) is 1. The standard InChI is InChI=1S/C14H13N5/c1-9-8-12(19-15)18-14(17-9)13-11-5-3-2-4-10(11)6-7-16-13/h2-8H,15H2,1H3,(H,17,18,19). The summed E-state index contributed by atoms with van der Waals surface area (Å²) in [7, 11) is 0. The molecule has 3 aromatic rings. The Balaban J connectivity index is 2.27. The minimum atomic E-state index is 0.574. The zero-order chi connectivity index (χ0) is 13.2. The van der Waals surface area contributed by atoms with Gasteiger partial charge < -0.3 is 5.43 Å². The Labute approximate surface area is 110 Å². The molecular formula is C14H13N5. The number of hydrazine groups is 1. The quantitative estimate of drug-likeness (QED) is 0.539. The van der Waals surface area contributed by atoms with E-state index in [0.717, 1.165) is 22.2 Å². The van der Waals surface area contributed by atoms with Crippen LogP contribution in [0.4, 0.5) is 5.82 Å². The molecule has 0 aliphatic heterocycles. The van der Waals surface area contributed by atoms with Crippen molar-refractivity contribution < 1.29 is 0 Å². The average molecular weight is 251 g/mol. The lowest BCUT2D eigenvalue weighted by Crippen LogP contribution is -2.10. The number of hydrogen-bond donors (Lipinski definition) is 2. The van der Waals surface area contributed by atoms with Crippen LogP contribution in [0.5, 0.6) is 0 Å². The summed E-state index contributed by atoms with van der Waals surface area (Å²) in [6.45, 7) is 1.90. The summed E-state index contributed by atoms with van der Waals surface area (Å²) in [4.78, 5) is 13.2. The van der Waals surface area contributed by atoms with Gasteiger partial charge in [-0.1, -0.05) is 24.3 Å². The van der Waals surface area contributed by atoms with Crippen LogP contribution in [-0.4, -0.2) is 15.0 Å². The maximum Gasteiger partial charge on any atom is 0.181 e. The molecule has 5 heteroatoms. The second kappa shape index (κ2) is 4.62. The van der Waals surface area contributed by atoms with Crippen LogP contribution < -0.4 is 11.3 Å². The van der Waals surface area contributed by atoms with Gasteiger partial charge in [0.1, 0.15) is 11.5 Å². The number of pyridine rings is 1. The topological polar surface area (TPSA) is 76.7 Å². The molecule has 0 atom stereocenters. The smallest absolute Gasteiger partial charge is 0.181 e. The van der Waals surface area contributed by atoms with Crippen molar-refractivity contribution in [2.45, 2.75) is 6.92 Å². The van der Waals surface area contributed by atoms with Gasteiger partial charge in [0.25, 0.3) is 0 Å². The molecule has 0 amide bonds. The molecule has 0 fully saturated rings. The number of rotatable bonds is 2. The highest BCUT2D eigenvalue weighted by molar-refractivity contribution is 5.92. The lowest BCUT2D eigenvalue weighted by molar-refractivity contribution is 1.08. The van der Waals surface area contributed by atoms with Gasteiger partial charge in [-0.25, -0.2) is 15.8 Å². The normalized spacial score (nSPS) is 10.6. The van der Waals surface area contributed by atoms with E-state index in [4.69, 9.17) is 5.84 Å². The highest BCUT2D eigenvalue weighted by Gasteiger charge is 2.09. The number of nitrogens with two attached hydrogens (primary N) is 1. The summed E-state index contributed by atoms with van der Waals surface area (Å²) < 4.78 is 0. The van der Waals surface area contributed by atoms with Crippen molar-refractivity contribution in [3.05, 3.63) is 48.3 Å². The third-order valence-corrected chi connectivity index (χ3v) is 2.89. The van der Waals surface area contributed by atoms with Crippen molar-refractivity contribution in [3.8, 4) is 11.5 Å². The molecule has 0 unspecified atom stereocenters. The van der Waals surface area contributed by atoms with Crippen LogP contribution in [0, 0.1) is 6.92 Å². The fourth-order valence-corrected chi connectivity index (χ4v) is 2.05. The van der Waals surface area contributed by atoms with Gasteiger partial charge in [-0.15, -0.1) is 0 Å². The molecule has 0 saturated heterocycles. The number of fused-ring (bicyclic) bond motifs is 1. The van der Waals surface area contributed by atoms with Gasteiger partial charge in [0.15, 0.2) is 5.82 Å². The van der Waals surface area contributed by atoms with Crippen LogP contribution in [0.15, 0.2) is 42.6 Å². The predicted molar refractivity (Wildman–Crippen MR) is 75.3 cm³/mol. The Hall–Kier alpha value is -2.53. The van der Waals surface area contributed by atoms with E-state index in [-0.39, 0.29) is 0 Å². The van der Waals surface area contributed by atoms with Gasteiger partial charge >= 0.3 is 0 Å². The van der Waals surface area contributed by atoms with E-state index in [0.29, 0.717) is 11.6 Å². The Morgan fingerprint density at radius 1 is 1.11 bits per heavy atom. The number of benzene rings is 1. The van der Waals surface area contributed by atoms with Crippen LogP contribution in [-0.2, 0) is 0 Å². The molecule has 2 heterocycles. The van der Waals surface area contributed by atoms with Gasteiger partial charge in [0, 0.05) is 23.3 Å². The largest absolute Gasteiger partial charge is 0.308 e. The van der Waals surface area contributed by atoms with Gasteiger partial charge in [-0.3, -0.25) is 4.98 Å². The van der Waals surface area contributed by atoms with Crippen LogP contribution in [0.1, 0.15) is 5.69 Å². The molecule has 0 aliphatic rings. The number of hydrogen-bond acceptors (Lipinski definition) is 5. The summed E-state index contributed by atoms with van der Waals surface area (Å²) >= 11 is 0. The van der Waals surface area contributed by atoms with Gasteiger partial charge in [-0.05, 0) is 18.4 Å². The Morgan fingerprint density at radius 2 is 1.95 bits per heavy atom. The first kappa shape index (κ1) is 11.6. The third kappa shape index (κ3) is 2.11. The third-order valence-electron chi connectivity index (χ3n) is 2.89. The number of aryl methyl sites for hydroxylation is 1. The second-order valence-corrected chi connectivity index (χ2v) is 4.24. The summed E-state index contributed by atoms with van der Waals surface area (Å²) in [6, 6.07) is 11.8. The summed E-state index contributed by atoms with van der Waals surface area (Å²) in [5.41, 5.74) is 4.15. The van der Waals surface area contributed by atoms with E-state index in [9.17, 15) is 0 Å². The summed E-state index contributed by atoms with van der Waals surface area (Å²) in [5, 5.41) is 2.14. The maximum atomic E-state index is 5.42. The number of nitrogen functional groups attached to an aromatic ring is 1. The molecule has 0 radical (unpaired) electrons. The van der Waals surface area contributed by atoms with Crippen molar-refractivity contribution in [2.75, 3.05) is 5.43 Å². The summed E-state index contributed by atoms with van der Waals surface area (Å²) in [6.07, 6.45) is 1.76. The van der Waals surface area contributed by atoms with Crippen molar-refractivity contribution in [1.29, 1.82) is 0 Å². The molecular weight excluding hydrogens is 238 g/mol. The van der Waals surface area contributed by atoms with E-state index in [1.54, 1.807) is 12.3 Å². The number of anilines is 1. The summed E-state index contributed by atoms with van der Waals surface area (Å²) in [5.74, 6) is 6.57. The molecule has 0 spiro atoms. The molecule has 3 N–H and O–H groups in total. The molecule has 94 valence electrons. The first-order chi connectivity index (χ1) is 9.28. The second-order valence-electron chi connectivity index (χ2n) is 4.24. The molecule has 1 aromatic carbocycles. The highest BCUT2D eigenvalue weighted by atomic mass is 15.3. The fourth-order valence-electron chi connectivity index (χ4n) is 2.05. The molecule has 2 aromatic heterocycles. The first-order valence-corrected chi connectivity index (χ1v) is 5.94. The monoisotopic (exact) mass is 251 g/mol. The number of aromatic nitrogens is 3. The maximum absolute atomic E-state index is 5.42. The Kier molecular flexibility index (Phi) is 2.81. The predicted octanol–water partition coefficient (Wildman–Crippen LogP) is 2.29. The van der Waals surface area contributed by atoms with Crippen molar-refractivity contribution >= 4 is 16.6 Å². The lowest BCUT2D eigenvalue weighted by atomic mass is 10.1. The Morgan fingerprint density at radius 3 is 2.79 bits per heavy atom. The van der Waals surface area contributed by atoms with E-state index < -0.39 is 0 Å². The van der Waals surface area contributed by atoms with Crippen molar-refractivity contribution in [1.82, 2.24) is 15.0 Å². The SMILES string of the molecule is Cc1cc(NN)nc(-c2nccc3ccccc23)n1. The molecule has 0 aliphatic carbocycles. The van der Waals surface area contributed by atoms with Crippen molar-refractivity contribution in [2.24, 2.45) is 5.84 Å². The molecule has 19 heavy (non-hydrogen) atoms. The Bertz CT molecular complexity index is 733. The minimum Gasteiger partial charge on any atom is -0.308 e. The van der Waals surface area contributed by atoms with E-state index in [1.807, 2.05) is 37.3 Å². The highest BCUT2D eigenvalue weighted by Crippen LogP contribution is 2.24. The average Bonchev–Trinajstić information content (AvgIpc) is 2.46. The van der Waals surface area contributed by atoms with Crippen LogP contribution in [0.2, 0.25) is 0 Å². The van der Waals surface area contributed by atoms with Gasteiger partial charge in [0.05, 0.1) is 0 Å². The minimum absolute atomic E-state index is 0.574. The molecule has 5 nitrogen and oxygen atoms in total. The van der Waals surface area contributed by atoms with E-state index in [2.05, 4.69) is 20.4 Å². The zero-order valence-corrected chi connectivity index (χ0v) is 10.5. The van der Waals surface area contributed by atoms with Crippen LogP contribution in [0.3, 0.4) is 0 Å². The van der Waals surface area contributed by atoms with E-state index in [1.165, 1.54) is 0 Å².